The minimum Gasteiger partial charge on any atom is -0.465 e. The van der Waals surface area contributed by atoms with Crippen molar-refractivity contribution in [1.29, 1.82) is 0 Å². The van der Waals surface area contributed by atoms with Crippen LogP contribution in [0.15, 0.2) is 24.3 Å². The van der Waals surface area contributed by atoms with Crippen molar-refractivity contribution >= 4 is 17.9 Å². The van der Waals surface area contributed by atoms with Crippen molar-refractivity contribution in [3.05, 3.63) is 24.3 Å². The first-order valence-corrected chi connectivity index (χ1v) is 27.2. The molecule has 0 heterocycles. The van der Waals surface area contributed by atoms with E-state index in [1.54, 1.807) is 0 Å². The van der Waals surface area contributed by atoms with E-state index in [9.17, 15) is 14.4 Å². The first-order valence-electron chi connectivity index (χ1n) is 27.2. The summed E-state index contributed by atoms with van der Waals surface area (Å²) in [5.41, 5.74) is 0. The summed E-state index contributed by atoms with van der Waals surface area (Å²) in [7, 11) is 0. The molecule has 2 aliphatic rings. The minimum atomic E-state index is -0.354. The maximum absolute atomic E-state index is 12.7. The third kappa shape index (κ3) is 34.3. The van der Waals surface area contributed by atoms with Crippen molar-refractivity contribution in [1.82, 2.24) is 0 Å². The number of ether oxygens (including phenoxy) is 3. The molecule has 0 spiro atoms. The van der Waals surface area contributed by atoms with Crippen molar-refractivity contribution < 1.29 is 28.6 Å². The number of esters is 3. The zero-order valence-electron chi connectivity index (χ0n) is 41.1. The lowest BCUT2D eigenvalue weighted by molar-refractivity contribution is -0.153. The molecule has 2 saturated carbocycles. The highest BCUT2D eigenvalue weighted by atomic mass is 16.6. The lowest BCUT2D eigenvalue weighted by Gasteiger charge is -2.17. The molecule has 4 atom stereocenters. The van der Waals surface area contributed by atoms with Crippen molar-refractivity contribution in [2.75, 3.05) is 19.8 Å². The number of rotatable bonds is 46. The molecule has 0 aliphatic heterocycles. The summed E-state index contributed by atoms with van der Waals surface area (Å²) in [5, 5.41) is 0. The van der Waals surface area contributed by atoms with E-state index < -0.39 is 0 Å². The SMILES string of the molecule is CCCCC/C=C\C/C=C\CCCCCCCC(=O)OCC(COC(=O)CCCCCCCC1CC1CCCCCC)COC(=O)CCCCCCCC1CC1CCCCCC. The van der Waals surface area contributed by atoms with Gasteiger partial charge in [-0.05, 0) is 87.9 Å². The Morgan fingerprint density at radius 1 is 0.387 bits per heavy atom. The molecule has 0 bridgehead atoms. The first kappa shape index (κ1) is 56.0. The van der Waals surface area contributed by atoms with Gasteiger partial charge in [0.1, 0.15) is 19.8 Å². The van der Waals surface area contributed by atoms with Crippen LogP contribution in [0.1, 0.15) is 265 Å². The van der Waals surface area contributed by atoms with Crippen molar-refractivity contribution in [2.45, 2.75) is 265 Å². The molecule has 4 unspecified atom stereocenters. The van der Waals surface area contributed by atoms with Crippen LogP contribution in [0.4, 0.5) is 0 Å². The molecule has 0 saturated heterocycles. The fourth-order valence-corrected chi connectivity index (χ4v) is 9.19. The van der Waals surface area contributed by atoms with Crippen molar-refractivity contribution in [3.63, 3.8) is 0 Å². The monoisotopic (exact) mass is 869 g/mol. The maximum atomic E-state index is 12.7. The molecule has 2 rings (SSSR count). The smallest absolute Gasteiger partial charge is 0.305 e. The number of hydrogen-bond acceptors (Lipinski definition) is 6. The lowest BCUT2D eigenvalue weighted by Crippen LogP contribution is -2.26. The Hall–Kier alpha value is -2.11. The summed E-state index contributed by atoms with van der Waals surface area (Å²) in [4.78, 5) is 38.0. The molecule has 360 valence electrons. The van der Waals surface area contributed by atoms with Gasteiger partial charge in [-0.1, -0.05) is 206 Å². The average molecular weight is 869 g/mol. The van der Waals surface area contributed by atoms with Gasteiger partial charge in [0, 0.05) is 19.3 Å². The molecular formula is C56H100O6. The highest BCUT2D eigenvalue weighted by molar-refractivity contribution is 5.70. The van der Waals surface area contributed by atoms with Crippen LogP contribution in [-0.4, -0.2) is 37.7 Å². The predicted octanol–water partition coefficient (Wildman–Crippen LogP) is 16.7. The average Bonchev–Trinajstić information content (AvgIpc) is 4.21. The molecular weight excluding hydrogens is 769 g/mol. The van der Waals surface area contributed by atoms with E-state index in [4.69, 9.17) is 14.2 Å². The van der Waals surface area contributed by atoms with Gasteiger partial charge < -0.3 is 14.2 Å². The molecule has 2 fully saturated rings. The lowest BCUT2D eigenvalue weighted by atomic mass is 10.0. The quantitative estimate of drug-likeness (QED) is 0.0262. The van der Waals surface area contributed by atoms with Gasteiger partial charge in [0.25, 0.3) is 0 Å². The Kier molecular flexibility index (Phi) is 36.5. The Balaban J connectivity index is 1.58. The molecule has 0 aromatic carbocycles. The van der Waals surface area contributed by atoms with Gasteiger partial charge >= 0.3 is 17.9 Å². The van der Waals surface area contributed by atoms with Gasteiger partial charge in [-0.25, -0.2) is 0 Å². The molecule has 0 N–H and O–H groups in total. The topological polar surface area (TPSA) is 78.9 Å². The van der Waals surface area contributed by atoms with Crippen LogP contribution in [0.2, 0.25) is 0 Å². The maximum Gasteiger partial charge on any atom is 0.305 e. The Morgan fingerprint density at radius 2 is 0.677 bits per heavy atom. The molecule has 6 heteroatoms. The Morgan fingerprint density at radius 3 is 1.05 bits per heavy atom. The van der Waals surface area contributed by atoms with Gasteiger partial charge in [-0.15, -0.1) is 0 Å². The van der Waals surface area contributed by atoms with Gasteiger partial charge in [-0.3, -0.25) is 14.4 Å². The van der Waals surface area contributed by atoms with Crippen molar-refractivity contribution in [2.24, 2.45) is 29.6 Å². The molecule has 0 aromatic rings. The number of carbonyl (C=O) groups is 3. The Labute approximate surface area is 383 Å². The van der Waals surface area contributed by atoms with E-state index >= 15 is 0 Å². The summed E-state index contributed by atoms with van der Waals surface area (Å²) < 4.78 is 16.9. The van der Waals surface area contributed by atoms with Crippen LogP contribution in [0.3, 0.4) is 0 Å². The highest BCUT2D eigenvalue weighted by Gasteiger charge is 2.35. The van der Waals surface area contributed by atoms with Gasteiger partial charge in [0.15, 0.2) is 0 Å². The number of allylic oxidation sites excluding steroid dienone is 4. The second-order valence-electron chi connectivity index (χ2n) is 19.7. The molecule has 6 nitrogen and oxygen atoms in total. The molecule has 62 heavy (non-hydrogen) atoms. The Bertz CT molecular complexity index is 1070. The van der Waals surface area contributed by atoms with Crippen molar-refractivity contribution in [3.8, 4) is 0 Å². The van der Waals surface area contributed by atoms with E-state index in [0.717, 1.165) is 81.5 Å². The number of carbonyl (C=O) groups excluding carboxylic acids is 3. The van der Waals surface area contributed by atoms with Crippen LogP contribution in [-0.2, 0) is 28.6 Å². The van der Waals surface area contributed by atoms with Crippen LogP contribution in [0.5, 0.6) is 0 Å². The standard InChI is InChI=1S/C56H100O6/c1-4-7-10-13-14-15-16-17-18-19-20-21-22-27-34-41-54(57)60-46-49(47-61-55(58)42-35-28-23-25-32-39-52-44-50(52)37-30-11-8-5-2)48-62-56(59)43-36-29-24-26-33-40-53-45-51(53)38-31-12-9-6-3/h14-15,17-18,49-53H,4-13,16,19-48H2,1-3H3/b15-14-,18-17-. The predicted molar refractivity (Wildman–Crippen MR) is 261 cm³/mol. The molecule has 0 aromatic heterocycles. The van der Waals surface area contributed by atoms with Gasteiger partial charge in [0.05, 0.1) is 5.92 Å². The highest BCUT2D eigenvalue weighted by Crippen LogP contribution is 2.46. The zero-order chi connectivity index (χ0) is 44.6. The van der Waals surface area contributed by atoms with Gasteiger partial charge in [-0.2, -0.15) is 0 Å². The summed E-state index contributed by atoms with van der Waals surface area (Å²) in [6.07, 6.45) is 53.7. The fraction of sp³-hybridized carbons (Fsp3) is 0.875. The first-order chi connectivity index (χ1) is 30.5. The summed E-state index contributed by atoms with van der Waals surface area (Å²) >= 11 is 0. The van der Waals surface area contributed by atoms with E-state index in [1.165, 1.54) is 167 Å². The second kappa shape index (κ2) is 40.4. The minimum absolute atomic E-state index is 0.0981. The van der Waals surface area contributed by atoms with Crippen LogP contribution >= 0.6 is 0 Å². The van der Waals surface area contributed by atoms with Crippen LogP contribution < -0.4 is 0 Å². The van der Waals surface area contributed by atoms with Gasteiger partial charge in [0.2, 0.25) is 0 Å². The van der Waals surface area contributed by atoms with E-state index in [1.807, 2.05) is 0 Å². The normalized spacial score (nSPS) is 18.7. The fourth-order valence-electron chi connectivity index (χ4n) is 9.19. The summed E-state index contributed by atoms with van der Waals surface area (Å²) in [6.45, 7) is 7.11. The zero-order valence-corrected chi connectivity index (χ0v) is 41.1. The summed E-state index contributed by atoms with van der Waals surface area (Å²) in [6, 6.07) is 0. The van der Waals surface area contributed by atoms with E-state index in [-0.39, 0.29) is 43.6 Å². The number of unbranched alkanes of at least 4 members (excludes halogenated alkanes) is 22. The molecule has 0 amide bonds. The van der Waals surface area contributed by atoms with E-state index in [0.29, 0.717) is 19.3 Å². The number of hydrogen-bond donors (Lipinski definition) is 0. The summed E-state index contributed by atoms with van der Waals surface area (Å²) in [5.74, 6) is 2.95. The molecule has 0 radical (unpaired) electrons. The largest absolute Gasteiger partial charge is 0.465 e. The second-order valence-corrected chi connectivity index (χ2v) is 19.7. The third-order valence-electron chi connectivity index (χ3n) is 13.7. The third-order valence-corrected chi connectivity index (χ3v) is 13.7. The molecule has 2 aliphatic carbocycles. The van der Waals surface area contributed by atoms with Crippen LogP contribution in [0.25, 0.3) is 0 Å². The van der Waals surface area contributed by atoms with Crippen LogP contribution in [0, 0.1) is 29.6 Å². The van der Waals surface area contributed by atoms with E-state index in [2.05, 4.69) is 45.1 Å².